The summed E-state index contributed by atoms with van der Waals surface area (Å²) in [7, 11) is 0. The number of hydrogen-bond acceptors (Lipinski definition) is 3. The molecule has 0 atom stereocenters. The van der Waals surface area contributed by atoms with Gasteiger partial charge in [-0.15, -0.1) is 0 Å². The maximum absolute atomic E-state index is 12.1. The van der Waals surface area contributed by atoms with E-state index in [1.54, 1.807) is 4.90 Å². The Morgan fingerprint density at radius 2 is 1.75 bits per heavy atom. The van der Waals surface area contributed by atoms with Crippen LogP contribution < -0.4 is 0 Å². The average Bonchev–Trinajstić information content (AvgIpc) is 2.49. The van der Waals surface area contributed by atoms with Gasteiger partial charge in [-0.25, -0.2) is 4.79 Å². The van der Waals surface area contributed by atoms with Gasteiger partial charge in [0, 0.05) is 13.1 Å². The Labute approximate surface area is 145 Å². The van der Waals surface area contributed by atoms with Crippen LogP contribution in [0.15, 0.2) is 18.2 Å². The second-order valence-corrected chi connectivity index (χ2v) is 7.67. The summed E-state index contributed by atoms with van der Waals surface area (Å²) >= 11 is 0. The second-order valence-electron chi connectivity index (χ2n) is 7.67. The Hall–Kier alpha value is -1.97. The van der Waals surface area contributed by atoms with Gasteiger partial charge in [-0.1, -0.05) is 12.2 Å². The van der Waals surface area contributed by atoms with E-state index in [2.05, 4.69) is 12.2 Å². The summed E-state index contributed by atoms with van der Waals surface area (Å²) in [5, 5.41) is 9.84. The monoisotopic (exact) mass is 331 g/mol. The van der Waals surface area contributed by atoms with Crippen LogP contribution in [-0.4, -0.2) is 34.8 Å². The molecule has 4 nitrogen and oxygen atoms in total. The van der Waals surface area contributed by atoms with Gasteiger partial charge in [0.2, 0.25) is 0 Å². The number of rotatable bonds is 2. The highest BCUT2D eigenvalue weighted by Crippen LogP contribution is 2.25. The van der Waals surface area contributed by atoms with Gasteiger partial charge in [0.25, 0.3) is 0 Å². The lowest BCUT2D eigenvalue weighted by atomic mass is 9.95. The highest BCUT2D eigenvalue weighted by molar-refractivity contribution is 5.68. The lowest BCUT2D eigenvalue weighted by molar-refractivity contribution is 0.0197. The number of carbonyl (C=O) groups is 1. The summed E-state index contributed by atoms with van der Waals surface area (Å²) in [6.45, 7) is 11.0. The first-order chi connectivity index (χ1) is 11.2. The maximum atomic E-state index is 12.1. The summed E-state index contributed by atoms with van der Waals surface area (Å²) in [6.07, 6.45) is 6.03. The molecule has 0 aromatic heterocycles. The number of ether oxygens (including phenoxy) is 1. The van der Waals surface area contributed by atoms with E-state index < -0.39 is 5.60 Å². The molecule has 1 fully saturated rings. The number of carbonyl (C=O) groups excluding carboxylic acids is 1. The number of amides is 1. The van der Waals surface area contributed by atoms with E-state index in [0.717, 1.165) is 42.6 Å². The Bertz CT molecular complexity index is 597. The van der Waals surface area contributed by atoms with Crippen LogP contribution in [0.25, 0.3) is 6.08 Å². The van der Waals surface area contributed by atoms with E-state index >= 15 is 0 Å². The van der Waals surface area contributed by atoms with Gasteiger partial charge < -0.3 is 14.7 Å². The molecule has 0 spiro atoms. The number of likely N-dealkylation sites (tertiary alicyclic amines) is 1. The van der Waals surface area contributed by atoms with Crippen LogP contribution >= 0.6 is 0 Å². The Kier molecular flexibility index (Phi) is 5.58. The second kappa shape index (κ2) is 7.29. The van der Waals surface area contributed by atoms with Crippen molar-refractivity contribution in [2.24, 2.45) is 5.92 Å². The molecule has 1 aliphatic heterocycles. The van der Waals surface area contributed by atoms with Crippen LogP contribution in [0.3, 0.4) is 0 Å². The van der Waals surface area contributed by atoms with Gasteiger partial charge in [0.15, 0.2) is 0 Å². The predicted octanol–water partition coefficient (Wildman–Crippen LogP) is 4.67. The van der Waals surface area contributed by atoms with Gasteiger partial charge in [0.05, 0.1) is 0 Å². The molecule has 1 N–H and O–H groups in total. The van der Waals surface area contributed by atoms with E-state index in [-0.39, 0.29) is 6.09 Å². The Balaban J connectivity index is 1.90. The van der Waals surface area contributed by atoms with Crippen LogP contribution in [0.5, 0.6) is 5.75 Å². The standard InChI is InChI=1S/C20H29NO3/c1-14-12-17(13-15(2)18(14)22)7-6-16-8-10-21(11-9-16)19(23)24-20(3,4)5/h6-7,12-13,16,22H,8-11H2,1-5H3/b7-6+. The van der Waals surface area contributed by atoms with E-state index in [1.807, 2.05) is 46.8 Å². The summed E-state index contributed by atoms with van der Waals surface area (Å²) in [4.78, 5) is 13.9. The lowest BCUT2D eigenvalue weighted by Gasteiger charge is -2.32. The van der Waals surface area contributed by atoms with Crippen molar-refractivity contribution in [1.29, 1.82) is 0 Å². The molecule has 2 rings (SSSR count). The Morgan fingerprint density at radius 1 is 1.21 bits per heavy atom. The van der Waals surface area contributed by atoms with Gasteiger partial charge in [-0.05, 0) is 82.2 Å². The lowest BCUT2D eigenvalue weighted by Crippen LogP contribution is -2.41. The van der Waals surface area contributed by atoms with Gasteiger partial charge in [0.1, 0.15) is 11.4 Å². The maximum Gasteiger partial charge on any atom is 0.410 e. The summed E-state index contributed by atoms with van der Waals surface area (Å²) in [5.74, 6) is 0.843. The number of aryl methyl sites for hydroxylation is 2. The molecule has 24 heavy (non-hydrogen) atoms. The summed E-state index contributed by atoms with van der Waals surface area (Å²) in [6, 6.07) is 3.99. The molecular formula is C20H29NO3. The van der Waals surface area contributed by atoms with Crippen LogP contribution in [0.2, 0.25) is 0 Å². The molecule has 0 saturated carbocycles. The van der Waals surface area contributed by atoms with Crippen molar-refractivity contribution in [2.45, 2.75) is 53.1 Å². The molecule has 0 bridgehead atoms. The molecule has 1 aromatic carbocycles. The molecule has 1 aromatic rings. The predicted molar refractivity (Wildman–Crippen MR) is 97.1 cm³/mol. The molecule has 1 aliphatic rings. The zero-order valence-electron chi connectivity index (χ0n) is 15.4. The fraction of sp³-hybridized carbons (Fsp3) is 0.550. The fourth-order valence-electron chi connectivity index (χ4n) is 2.93. The smallest absolute Gasteiger partial charge is 0.410 e. The van der Waals surface area contributed by atoms with Gasteiger partial charge >= 0.3 is 6.09 Å². The number of phenolic OH excluding ortho intramolecular Hbond substituents is 1. The van der Waals surface area contributed by atoms with E-state index in [0.29, 0.717) is 11.7 Å². The minimum atomic E-state index is -0.442. The number of phenols is 1. The summed E-state index contributed by atoms with van der Waals surface area (Å²) in [5.41, 5.74) is 2.46. The molecule has 1 saturated heterocycles. The van der Waals surface area contributed by atoms with Crippen molar-refractivity contribution in [1.82, 2.24) is 4.90 Å². The highest BCUT2D eigenvalue weighted by atomic mass is 16.6. The number of allylic oxidation sites excluding steroid dienone is 1. The zero-order chi connectivity index (χ0) is 17.9. The number of nitrogens with zero attached hydrogens (tertiary/aromatic N) is 1. The summed E-state index contributed by atoms with van der Waals surface area (Å²) < 4.78 is 5.42. The third kappa shape index (κ3) is 5.02. The van der Waals surface area contributed by atoms with E-state index in [9.17, 15) is 9.90 Å². The van der Waals surface area contributed by atoms with Crippen molar-refractivity contribution in [3.8, 4) is 5.75 Å². The zero-order valence-corrected chi connectivity index (χ0v) is 15.4. The third-order valence-electron chi connectivity index (χ3n) is 4.27. The molecule has 4 heteroatoms. The molecule has 0 radical (unpaired) electrons. The fourth-order valence-corrected chi connectivity index (χ4v) is 2.93. The van der Waals surface area contributed by atoms with Crippen molar-refractivity contribution in [3.05, 3.63) is 34.9 Å². The normalized spacial score (nSPS) is 16.6. The van der Waals surface area contributed by atoms with Crippen LogP contribution in [0.4, 0.5) is 4.79 Å². The molecule has 0 unspecified atom stereocenters. The van der Waals surface area contributed by atoms with Crippen molar-refractivity contribution < 1.29 is 14.6 Å². The minimum Gasteiger partial charge on any atom is -0.507 e. The SMILES string of the molecule is Cc1cc(/C=C/C2CCN(C(=O)OC(C)(C)C)CC2)cc(C)c1O. The van der Waals surface area contributed by atoms with E-state index in [4.69, 9.17) is 4.74 Å². The number of piperidine rings is 1. The average molecular weight is 331 g/mol. The number of hydrogen-bond donors (Lipinski definition) is 1. The topological polar surface area (TPSA) is 49.8 Å². The first-order valence-corrected chi connectivity index (χ1v) is 8.62. The van der Waals surface area contributed by atoms with E-state index in [1.165, 1.54) is 0 Å². The first-order valence-electron chi connectivity index (χ1n) is 8.62. The van der Waals surface area contributed by atoms with Crippen molar-refractivity contribution in [2.75, 3.05) is 13.1 Å². The van der Waals surface area contributed by atoms with Crippen LogP contribution in [-0.2, 0) is 4.74 Å². The third-order valence-corrected chi connectivity index (χ3v) is 4.27. The molecule has 1 heterocycles. The number of aromatic hydroxyl groups is 1. The highest BCUT2D eigenvalue weighted by Gasteiger charge is 2.25. The van der Waals surface area contributed by atoms with Gasteiger partial charge in [-0.3, -0.25) is 0 Å². The quantitative estimate of drug-likeness (QED) is 0.857. The molecular weight excluding hydrogens is 302 g/mol. The molecule has 132 valence electrons. The Morgan fingerprint density at radius 3 is 2.25 bits per heavy atom. The minimum absolute atomic E-state index is 0.213. The molecule has 1 amide bonds. The van der Waals surface area contributed by atoms with Crippen LogP contribution in [0, 0.1) is 19.8 Å². The van der Waals surface area contributed by atoms with Crippen molar-refractivity contribution in [3.63, 3.8) is 0 Å². The van der Waals surface area contributed by atoms with Crippen LogP contribution in [0.1, 0.15) is 50.3 Å². The largest absolute Gasteiger partial charge is 0.507 e. The first kappa shape index (κ1) is 18.4. The van der Waals surface area contributed by atoms with Crippen molar-refractivity contribution >= 4 is 12.2 Å². The molecule has 0 aliphatic carbocycles. The van der Waals surface area contributed by atoms with Gasteiger partial charge in [-0.2, -0.15) is 0 Å². The number of benzene rings is 1.